The summed E-state index contributed by atoms with van der Waals surface area (Å²) < 4.78 is 11.7. The molecule has 0 saturated carbocycles. The Morgan fingerprint density at radius 2 is 0.719 bits per heavy atom. The second kappa shape index (κ2) is 43.8. The molecule has 2 atom stereocenters. The summed E-state index contributed by atoms with van der Waals surface area (Å²) in [5.41, 5.74) is 0. The third-order valence-electron chi connectivity index (χ3n) is 14.8. The smallest absolute Gasteiger partial charge is 0.308 e. The minimum atomic E-state index is 0.0929. The van der Waals surface area contributed by atoms with Crippen LogP contribution in [0, 0.1) is 23.7 Å². The summed E-state index contributed by atoms with van der Waals surface area (Å²) in [6, 6.07) is 0. The number of nitrogens with zero attached hydrogens (tertiary/aromatic N) is 2. The van der Waals surface area contributed by atoms with Crippen LogP contribution in [0.5, 0.6) is 0 Å². The molecule has 2 unspecified atom stereocenters. The second-order valence-corrected chi connectivity index (χ2v) is 23.2. The van der Waals surface area contributed by atoms with Crippen molar-refractivity contribution in [3.05, 3.63) is 0 Å². The quantitative estimate of drug-likeness (QED) is 0.0340. The third kappa shape index (κ3) is 33.1. The number of unbranched alkanes of at least 4 members (excludes halogenated alkanes) is 20. The summed E-state index contributed by atoms with van der Waals surface area (Å²) in [6.07, 6.45) is 44.6. The Labute approximate surface area is 407 Å². The molecule has 2 aliphatic heterocycles. The molecule has 0 aliphatic carbocycles. The Morgan fingerprint density at radius 1 is 0.422 bits per heavy atom. The molecule has 64 heavy (non-hydrogen) atoms. The fraction of sp³-hybridized carbons (Fsp3) is 0.964. The van der Waals surface area contributed by atoms with Crippen LogP contribution in [0.3, 0.4) is 0 Å². The molecule has 0 aromatic heterocycles. The van der Waals surface area contributed by atoms with Crippen LogP contribution in [0.1, 0.15) is 259 Å². The number of carbonyl (C=O) groups is 2. The SMILES string of the molecule is CCCCCCCCC(CCCCCC)C(=O)OCCCCCC1CCN(CCSSCCN2CCC(CCCCCOC(=O)C(CCCCCC)CCCCCCCC)CC2)CC1. The Hall–Kier alpha value is -0.440. The fourth-order valence-electron chi connectivity index (χ4n) is 10.2. The van der Waals surface area contributed by atoms with E-state index in [1.165, 1.54) is 243 Å². The van der Waals surface area contributed by atoms with Gasteiger partial charge in [0.1, 0.15) is 0 Å². The minimum Gasteiger partial charge on any atom is -0.465 e. The number of hydrogen-bond acceptors (Lipinski definition) is 8. The highest BCUT2D eigenvalue weighted by Gasteiger charge is 2.23. The Morgan fingerprint density at radius 3 is 1.06 bits per heavy atom. The topological polar surface area (TPSA) is 59.1 Å². The van der Waals surface area contributed by atoms with Crippen molar-refractivity contribution in [2.45, 2.75) is 259 Å². The van der Waals surface area contributed by atoms with Crippen molar-refractivity contribution in [3.8, 4) is 0 Å². The number of hydrogen-bond donors (Lipinski definition) is 0. The van der Waals surface area contributed by atoms with Crippen LogP contribution in [0.15, 0.2) is 0 Å². The van der Waals surface area contributed by atoms with Gasteiger partial charge >= 0.3 is 11.9 Å². The minimum absolute atomic E-state index is 0.0929. The van der Waals surface area contributed by atoms with Gasteiger partial charge in [-0.05, 0) is 102 Å². The van der Waals surface area contributed by atoms with E-state index in [1.54, 1.807) is 0 Å². The average Bonchev–Trinajstić information content (AvgIpc) is 3.31. The summed E-state index contributed by atoms with van der Waals surface area (Å²) in [5, 5.41) is 0. The highest BCUT2D eigenvalue weighted by Crippen LogP contribution is 2.28. The predicted octanol–water partition coefficient (Wildman–Crippen LogP) is 16.7. The number of rotatable bonds is 45. The lowest BCUT2D eigenvalue weighted by Gasteiger charge is -2.32. The van der Waals surface area contributed by atoms with E-state index in [9.17, 15) is 9.59 Å². The molecule has 0 bridgehead atoms. The third-order valence-corrected chi connectivity index (χ3v) is 17.1. The van der Waals surface area contributed by atoms with Crippen molar-refractivity contribution in [3.63, 3.8) is 0 Å². The van der Waals surface area contributed by atoms with Crippen molar-refractivity contribution in [1.82, 2.24) is 9.80 Å². The zero-order valence-electron chi connectivity index (χ0n) is 43.2. The van der Waals surface area contributed by atoms with Crippen LogP contribution in [-0.2, 0) is 19.1 Å². The number of esters is 2. The van der Waals surface area contributed by atoms with Gasteiger partial charge in [0.05, 0.1) is 25.0 Å². The monoisotopic (exact) mass is 937 g/mol. The van der Waals surface area contributed by atoms with Crippen molar-refractivity contribution >= 4 is 33.5 Å². The molecule has 2 fully saturated rings. The van der Waals surface area contributed by atoms with Gasteiger partial charge in [0.25, 0.3) is 0 Å². The summed E-state index contributed by atoms with van der Waals surface area (Å²) in [7, 11) is 4.18. The lowest BCUT2D eigenvalue weighted by Crippen LogP contribution is -2.35. The van der Waals surface area contributed by atoms with E-state index in [0.29, 0.717) is 13.2 Å². The lowest BCUT2D eigenvalue weighted by atomic mass is 9.91. The van der Waals surface area contributed by atoms with E-state index >= 15 is 0 Å². The van der Waals surface area contributed by atoms with Crippen LogP contribution >= 0.6 is 21.6 Å². The first-order valence-corrected chi connectivity index (χ1v) is 31.0. The molecule has 0 radical (unpaired) electrons. The normalized spacial score (nSPS) is 16.6. The molecule has 0 N–H and O–H groups in total. The number of likely N-dealkylation sites (tertiary alicyclic amines) is 2. The largest absolute Gasteiger partial charge is 0.465 e. The highest BCUT2D eigenvalue weighted by atomic mass is 33.1. The van der Waals surface area contributed by atoms with Crippen molar-refractivity contribution in [2.75, 3.05) is 64.0 Å². The van der Waals surface area contributed by atoms with Gasteiger partial charge in [-0.15, -0.1) is 0 Å². The maximum Gasteiger partial charge on any atom is 0.308 e. The van der Waals surface area contributed by atoms with Gasteiger partial charge in [-0.2, -0.15) is 0 Å². The first kappa shape index (κ1) is 59.7. The number of carbonyl (C=O) groups excluding carboxylic acids is 2. The molecule has 2 aliphatic rings. The fourth-order valence-corrected chi connectivity index (χ4v) is 12.2. The highest BCUT2D eigenvalue weighted by molar-refractivity contribution is 8.76. The van der Waals surface area contributed by atoms with Gasteiger partial charge in [-0.25, -0.2) is 0 Å². The van der Waals surface area contributed by atoms with Crippen molar-refractivity contribution in [2.24, 2.45) is 23.7 Å². The van der Waals surface area contributed by atoms with Crippen molar-refractivity contribution in [1.29, 1.82) is 0 Å². The second-order valence-electron chi connectivity index (χ2n) is 20.5. The number of ether oxygens (including phenoxy) is 2. The molecule has 2 saturated heterocycles. The Kier molecular flexibility index (Phi) is 40.9. The van der Waals surface area contributed by atoms with Crippen LogP contribution in [0.4, 0.5) is 0 Å². The summed E-state index contributed by atoms with van der Waals surface area (Å²) >= 11 is 0. The van der Waals surface area contributed by atoms with E-state index in [2.05, 4.69) is 59.1 Å². The predicted molar refractivity (Wildman–Crippen MR) is 283 cm³/mol. The number of piperidine rings is 2. The van der Waals surface area contributed by atoms with E-state index < -0.39 is 0 Å². The standard InChI is InChI=1S/C56H108N2O4S2/c1-5-9-13-17-19-27-35-53(33-25-15-11-7-3)55(59)61-47-29-21-23-31-51-37-41-57(42-38-51)45-49-63-64-50-46-58-43-39-52(40-44-58)32-24-22-30-48-62-56(60)54(34-26-16-12-8-4)36-28-20-18-14-10-6-2/h51-54H,5-50H2,1-4H3. The molecule has 6 nitrogen and oxygen atoms in total. The van der Waals surface area contributed by atoms with E-state index in [0.717, 1.165) is 50.4 Å². The molecular formula is C56H108N2O4S2. The van der Waals surface area contributed by atoms with E-state index in [1.807, 2.05) is 0 Å². The summed E-state index contributed by atoms with van der Waals surface area (Å²) in [4.78, 5) is 31.4. The maximum absolute atomic E-state index is 13.0. The zero-order chi connectivity index (χ0) is 46.0. The molecule has 2 rings (SSSR count). The van der Waals surface area contributed by atoms with Gasteiger partial charge in [-0.3, -0.25) is 9.59 Å². The zero-order valence-corrected chi connectivity index (χ0v) is 44.8. The Balaban J connectivity index is 1.42. The molecule has 0 spiro atoms. The first-order valence-electron chi connectivity index (χ1n) is 28.5. The maximum atomic E-state index is 13.0. The molecule has 0 amide bonds. The van der Waals surface area contributed by atoms with Crippen LogP contribution in [0.25, 0.3) is 0 Å². The van der Waals surface area contributed by atoms with Gasteiger partial charge in [0.15, 0.2) is 0 Å². The molecule has 0 aromatic rings. The molecule has 378 valence electrons. The summed E-state index contributed by atoms with van der Waals surface area (Å²) in [5.74, 6) is 4.69. The Bertz CT molecular complexity index is 954. The lowest BCUT2D eigenvalue weighted by molar-refractivity contribution is -0.150. The van der Waals surface area contributed by atoms with Crippen LogP contribution < -0.4 is 0 Å². The van der Waals surface area contributed by atoms with Crippen molar-refractivity contribution < 1.29 is 19.1 Å². The summed E-state index contributed by atoms with van der Waals surface area (Å²) in [6.45, 7) is 17.9. The van der Waals surface area contributed by atoms with Gasteiger partial charge in [0, 0.05) is 24.6 Å². The van der Waals surface area contributed by atoms with E-state index in [-0.39, 0.29) is 23.8 Å². The van der Waals surface area contributed by atoms with E-state index in [4.69, 9.17) is 9.47 Å². The molecular weight excluding hydrogens is 829 g/mol. The van der Waals surface area contributed by atoms with Gasteiger partial charge in [-0.1, -0.05) is 216 Å². The average molecular weight is 938 g/mol. The van der Waals surface area contributed by atoms with Gasteiger partial charge in [0.2, 0.25) is 0 Å². The molecule has 8 heteroatoms. The first-order chi connectivity index (χ1) is 31.5. The molecule has 0 aromatic carbocycles. The van der Waals surface area contributed by atoms with Crippen LogP contribution in [-0.4, -0.2) is 85.7 Å². The van der Waals surface area contributed by atoms with Crippen LogP contribution in [0.2, 0.25) is 0 Å². The molecule has 2 heterocycles. The van der Waals surface area contributed by atoms with Gasteiger partial charge < -0.3 is 19.3 Å².